The molecule has 4 rings (SSSR count). The van der Waals surface area contributed by atoms with Gasteiger partial charge in [0.2, 0.25) is 15.9 Å². The van der Waals surface area contributed by atoms with Gasteiger partial charge in [-0.1, -0.05) is 54.1 Å². The lowest BCUT2D eigenvalue weighted by Crippen LogP contribution is -2.48. The van der Waals surface area contributed by atoms with Crippen LogP contribution in [0.3, 0.4) is 0 Å². The molecule has 6 nitrogen and oxygen atoms in total. The zero-order chi connectivity index (χ0) is 25.3. The molecule has 1 atom stereocenters. The van der Waals surface area contributed by atoms with Gasteiger partial charge in [-0.25, -0.2) is 8.42 Å². The molecule has 3 aromatic carbocycles. The third kappa shape index (κ3) is 5.06. The van der Waals surface area contributed by atoms with E-state index in [0.717, 1.165) is 22.3 Å². The number of amides is 1. The van der Waals surface area contributed by atoms with Crippen molar-refractivity contribution in [2.75, 3.05) is 0 Å². The summed E-state index contributed by atoms with van der Waals surface area (Å²) in [5.41, 5.74) is 10.8. The van der Waals surface area contributed by atoms with Crippen molar-refractivity contribution in [1.29, 1.82) is 0 Å². The zero-order valence-corrected chi connectivity index (χ0v) is 21.1. The molecule has 1 heterocycles. The molecule has 1 unspecified atom stereocenters. The highest BCUT2D eigenvalue weighted by molar-refractivity contribution is 7.89. The maximum absolute atomic E-state index is 14.0. The summed E-state index contributed by atoms with van der Waals surface area (Å²) in [7, 11) is -3.93. The van der Waals surface area contributed by atoms with Crippen molar-refractivity contribution in [3.63, 3.8) is 0 Å². The lowest BCUT2D eigenvalue weighted by atomic mass is 9.91. The normalized spacial score (nSPS) is 16.0. The molecule has 1 aliphatic rings. The Morgan fingerprint density at radius 1 is 0.943 bits per heavy atom. The van der Waals surface area contributed by atoms with E-state index in [1.165, 1.54) is 4.31 Å². The predicted molar refractivity (Wildman–Crippen MR) is 136 cm³/mol. The number of aryl methyl sites for hydroxylation is 4. The van der Waals surface area contributed by atoms with Crippen LogP contribution >= 0.6 is 0 Å². The van der Waals surface area contributed by atoms with E-state index in [1.54, 1.807) is 32.0 Å². The quantitative estimate of drug-likeness (QED) is 0.541. The topological polar surface area (TPSA) is 97.5 Å². The highest BCUT2D eigenvalue weighted by atomic mass is 32.2. The van der Waals surface area contributed by atoms with Crippen LogP contribution in [-0.4, -0.2) is 30.5 Å². The average Bonchev–Trinajstić information content (AvgIpc) is 2.81. The standard InChI is InChI=1S/C28H30N2O4S/c1-18-13-19(2)27(20(3)14-18)35(33,34)30-17-24-9-5-4-8-22(24)16-25(30)26(31)12-11-21-7-6-10-23(15-21)28(29)32/h4-10,13-15,25H,11-12,16-17H2,1-3H3,(H2,29,32). The summed E-state index contributed by atoms with van der Waals surface area (Å²) >= 11 is 0. The van der Waals surface area contributed by atoms with Gasteiger partial charge >= 0.3 is 0 Å². The maximum atomic E-state index is 14.0. The van der Waals surface area contributed by atoms with Gasteiger partial charge in [0.15, 0.2) is 5.78 Å². The monoisotopic (exact) mass is 490 g/mol. The van der Waals surface area contributed by atoms with Crippen LogP contribution < -0.4 is 5.73 Å². The molecule has 0 aliphatic carbocycles. The number of hydrogen-bond donors (Lipinski definition) is 1. The lowest BCUT2D eigenvalue weighted by molar-refractivity contribution is -0.123. The molecule has 0 bridgehead atoms. The minimum Gasteiger partial charge on any atom is -0.366 e. The maximum Gasteiger partial charge on any atom is 0.248 e. The fourth-order valence-corrected chi connectivity index (χ4v) is 7.03. The van der Waals surface area contributed by atoms with Crippen molar-refractivity contribution in [1.82, 2.24) is 4.31 Å². The van der Waals surface area contributed by atoms with Crippen LogP contribution in [0, 0.1) is 20.8 Å². The number of nitrogens with two attached hydrogens (primary N) is 1. The second kappa shape index (κ2) is 9.76. The molecule has 182 valence electrons. The highest BCUT2D eigenvalue weighted by Gasteiger charge is 2.40. The Balaban J connectivity index is 1.68. The molecule has 1 aliphatic heterocycles. The zero-order valence-electron chi connectivity index (χ0n) is 20.2. The van der Waals surface area contributed by atoms with E-state index in [4.69, 9.17) is 5.73 Å². The number of sulfonamides is 1. The van der Waals surface area contributed by atoms with E-state index < -0.39 is 22.0 Å². The molecule has 7 heteroatoms. The van der Waals surface area contributed by atoms with Crippen molar-refractivity contribution >= 4 is 21.7 Å². The summed E-state index contributed by atoms with van der Waals surface area (Å²) in [6.45, 7) is 5.69. The third-order valence-electron chi connectivity index (χ3n) is 6.62. The molecule has 3 aromatic rings. The number of ketones is 1. The minimum absolute atomic E-state index is 0.144. The molecule has 0 saturated heterocycles. The van der Waals surface area contributed by atoms with Crippen LogP contribution in [0.25, 0.3) is 0 Å². The van der Waals surface area contributed by atoms with Crippen LogP contribution in [0.15, 0.2) is 65.6 Å². The summed E-state index contributed by atoms with van der Waals surface area (Å²) < 4.78 is 29.3. The van der Waals surface area contributed by atoms with Gasteiger partial charge in [-0.3, -0.25) is 9.59 Å². The van der Waals surface area contributed by atoms with Gasteiger partial charge in [-0.05, 0) is 73.6 Å². The summed E-state index contributed by atoms with van der Waals surface area (Å²) in [6.07, 6.45) is 0.890. The molecular weight excluding hydrogens is 460 g/mol. The average molecular weight is 491 g/mol. The summed E-state index contributed by atoms with van der Waals surface area (Å²) in [4.78, 5) is 25.3. The smallest absolute Gasteiger partial charge is 0.248 e. The SMILES string of the molecule is Cc1cc(C)c(S(=O)(=O)N2Cc3ccccc3CC2C(=O)CCc2cccc(C(N)=O)c2)c(C)c1. The van der Waals surface area contributed by atoms with Crippen molar-refractivity contribution in [2.24, 2.45) is 5.73 Å². The lowest BCUT2D eigenvalue weighted by Gasteiger charge is -2.36. The Bertz CT molecular complexity index is 1390. The van der Waals surface area contributed by atoms with E-state index in [1.807, 2.05) is 49.4 Å². The van der Waals surface area contributed by atoms with Crippen LogP contribution in [0.1, 0.15) is 50.2 Å². The van der Waals surface area contributed by atoms with Crippen LogP contribution in [0.5, 0.6) is 0 Å². The molecule has 0 fully saturated rings. The second-order valence-corrected chi connectivity index (χ2v) is 11.1. The summed E-state index contributed by atoms with van der Waals surface area (Å²) in [5, 5.41) is 0. The van der Waals surface area contributed by atoms with Gasteiger partial charge in [0, 0.05) is 18.5 Å². The first-order valence-electron chi connectivity index (χ1n) is 11.7. The van der Waals surface area contributed by atoms with Gasteiger partial charge in [0.1, 0.15) is 0 Å². The number of carbonyl (C=O) groups excluding carboxylic acids is 2. The number of nitrogens with zero attached hydrogens (tertiary/aromatic N) is 1. The van der Waals surface area contributed by atoms with E-state index in [2.05, 4.69) is 0 Å². The molecule has 0 aromatic heterocycles. The first kappa shape index (κ1) is 24.8. The first-order valence-corrected chi connectivity index (χ1v) is 13.1. The van der Waals surface area contributed by atoms with Gasteiger partial charge in [-0.15, -0.1) is 0 Å². The molecule has 2 N–H and O–H groups in total. The largest absolute Gasteiger partial charge is 0.366 e. The Morgan fingerprint density at radius 2 is 1.60 bits per heavy atom. The van der Waals surface area contributed by atoms with E-state index in [0.29, 0.717) is 29.5 Å². The highest BCUT2D eigenvalue weighted by Crippen LogP contribution is 2.33. The van der Waals surface area contributed by atoms with Gasteiger partial charge in [0.05, 0.1) is 10.9 Å². The van der Waals surface area contributed by atoms with Crippen molar-refractivity contribution < 1.29 is 18.0 Å². The number of rotatable bonds is 7. The fourth-order valence-electron chi connectivity index (χ4n) is 5.03. The third-order valence-corrected chi connectivity index (χ3v) is 8.78. The molecule has 35 heavy (non-hydrogen) atoms. The number of benzene rings is 3. The predicted octanol–water partition coefficient (Wildman–Crippen LogP) is 4.03. The molecular formula is C28H30N2O4S. The van der Waals surface area contributed by atoms with E-state index in [9.17, 15) is 18.0 Å². The van der Waals surface area contributed by atoms with Crippen LogP contribution in [-0.2, 0) is 34.2 Å². The molecule has 1 amide bonds. The van der Waals surface area contributed by atoms with Crippen molar-refractivity contribution in [3.05, 3.63) is 99.6 Å². The second-order valence-electron chi connectivity index (χ2n) is 9.30. The van der Waals surface area contributed by atoms with Crippen LogP contribution in [0.2, 0.25) is 0 Å². The van der Waals surface area contributed by atoms with Crippen LogP contribution in [0.4, 0.5) is 0 Å². The van der Waals surface area contributed by atoms with Gasteiger partial charge in [-0.2, -0.15) is 4.31 Å². The summed E-state index contributed by atoms with van der Waals surface area (Å²) in [6, 6.07) is 17.5. The fraction of sp³-hybridized carbons (Fsp3) is 0.286. The molecule has 0 spiro atoms. The number of fused-ring (bicyclic) bond motifs is 1. The van der Waals surface area contributed by atoms with Gasteiger partial charge in [0.25, 0.3) is 0 Å². The minimum atomic E-state index is -3.93. The molecule has 0 radical (unpaired) electrons. The number of hydrogen-bond acceptors (Lipinski definition) is 4. The van der Waals surface area contributed by atoms with Gasteiger partial charge < -0.3 is 5.73 Å². The molecule has 0 saturated carbocycles. The Kier molecular flexibility index (Phi) is 6.92. The number of carbonyl (C=O) groups is 2. The Labute approximate surface area is 206 Å². The van der Waals surface area contributed by atoms with Crippen molar-refractivity contribution in [3.8, 4) is 0 Å². The van der Waals surface area contributed by atoms with Crippen molar-refractivity contribution in [2.45, 2.75) is 57.5 Å². The Hall–Kier alpha value is -3.29. The number of Topliss-reactive ketones (excluding diaryl/α,β-unsaturated/α-hetero) is 1. The van der Waals surface area contributed by atoms with E-state index >= 15 is 0 Å². The number of primary amides is 1. The first-order chi connectivity index (χ1) is 16.6. The Morgan fingerprint density at radius 3 is 2.26 bits per heavy atom. The summed E-state index contributed by atoms with van der Waals surface area (Å²) in [5.74, 6) is -0.668. The van der Waals surface area contributed by atoms with E-state index in [-0.39, 0.29) is 23.6 Å².